The van der Waals surface area contributed by atoms with Crippen molar-refractivity contribution >= 4 is 5.97 Å². The monoisotopic (exact) mass is 196 g/mol. The van der Waals surface area contributed by atoms with Gasteiger partial charge in [0.2, 0.25) is 0 Å². The first kappa shape index (κ1) is 9.71. The number of carbonyl (C=O) groups is 1. The summed E-state index contributed by atoms with van der Waals surface area (Å²) in [5.41, 5.74) is 0. The van der Waals surface area contributed by atoms with E-state index in [4.69, 9.17) is 9.84 Å². The van der Waals surface area contributed by atoms with Crippen LogP contribution in [0.15, 0.2) is 12.2 Å². The Labute approximate surface area is 83.8 Å². The molecule has 78 valence electrons. The maximum Gasteiger partial charge on any atom is 0.307 e. The van der Waals surface area contributed by atoms with Gasteiger partial charge in [0.15, 0.2) is 0 Å². The van der Waals surface area contributed by atoms with Crippen LogP contribution >= 0.6 is 0 Å². The van der Waals surface area contributed by atoms with Gasteiger partial charge < -0.3 is 9.84 Å². The van der Waals surface area contributed by atoms with Gasteiger partial charge in [-0.1, -0.05) is 19.1 Å². The number of aliphatic carboxylic acids is 1. The number of hydrogen-bond acceptors (Lipinski definition) is 2. The molecule has 0 radical (unpaired) electrons. The van der Waals surface area contributed by atoms with Gasteiger partial charge in [-0.15, -0.1) is 0 Å². The Balaban J connectivity index is 2.07. The smallest absolute Gasteiger partial charge is 0.307 e. The van der Waals surface area contributed by atoms with Crippen LogP contribution in [0, 0.1) is 11.8 Å². The molecule has 3 nitrogen and oxygen atoms in total. The van der Waals surface area contributed by atoms with E-state index in [1.807, 2.05) is 12.2 Å². The van der Waals surface area contributed by atoms with Crippen molar-refractivity contribution in [3.63, 3.8) is 0 Å². The second-order valence-corrected chi connectivity index (χ2v) is 4.07. The molecule has 2 aliphatic rings. The number of rotatable bonds is 3. The fourth-order valence-electron chi connectivity index (χ4n) is 2.32. The van der Waals surface area contributed by atoms with Crippen molar-refractivity contribution in [1.82, 2.24) is 0 Å². The summed E-state index contributed by atoms with van der Waals surface area (Å²) in [5, 5.41) is 9.05. The summed E-state index contributed by atoms with van der Waals surface area (Å²) in [5.74, 6) is -0.808. The third kappa shape index (κ3) is 1.69. The molecule has 0 bridgehead atoms. The van der Waals surface area contributed by atoms with E-state index in [0.29, 0.717) is 6.10 Å². The van der Waals surface area contributed by atoms with Crippen molar-refractivity contribution in [2.75, 3.05) is 0 Å². The van der Waals surface area contributed by atoms with Crippen LogP contribution in [0.2, 0.25) is 0 Å². The molecule has 1 heterocycles. The normalized spacial score (nSPS) is 40.9. The van der Waals surface area contributed by atoms with Crippen LogP contribution in [0.1, 0.15) is 26.2 Å². The Bertz CT molecular complexity index is 259. The van der Waals surface area contributed by atoms with E-state index in [2.05, 4.69) is 6.92 Å². The molecule has 0 aromatic heterocycles. The van der Waals surface area contributed by atoms with Gasteiger partial charge in [-0.05, 0) is 19.3 Å². The molecule has 1 saturated carbocycles. The van der Waals surface area contributed by atoms with Crippen LogP contribution in [0.4, 0.5) is 0 Å². The zero-order valence-corrected chi connectivity index (χ0v) is 8.35. The summed E-state index contributed by atoms with van der Waals surface area (Å²) in [6, 6.07) is 0. The topological polar surface area (TPSA) is 49.8 Å². The van der Waals surface area contributed by atoms with E-state index in [9.17, 15) is 4.79 Å². The average Bonchev–Trinajstić information content (AvgIpc) is 2.92. The molecule has 1 aliphatic carbocycles. The summed E-state index contributed by atoms with van der Waals surface area (Å²) >= 11 is 0. The fourth-order valence-corrected chi connectivity index (χ4v) is 2.32. The first-order valence-corrected chi connectivity index (χ1v) is 5.29. The van der Waals surface area contributed by atoms with Gasteiger partial charge in [0.25, 0.3) is 0 Å². The van der Waals surface area contributed by atoms with E-state index >= 15 is 0 Å². The van der Waals surface area contributed by atoms with Crippen LogP contribution in [0.25, 0.3) is 0 Å². The minimum Gasteiger partial charge on any atom is -0.481 e. The van der Waals surface area contributed by atoms with Gasteiger partial charge in [0, 0.05) is 5.92 Å². The van der Waals surface area contributed by atoms with Crippen molar-refractivity contribution < 1.29 is 14.6 Å². The first-order chi connectivity index (χ1) is 6.74. The Morgan fingerprint density at radius 3 is 3.00 bits per heavy atom. The number of carboxylic acid groups (broad SMARTS) is 1. The SMILES string of the molecule is CCC=CC1C(C(=O)O)CCC2OC21. The number of carboxylic acids is 1. The maximum atomic E-state index is 11.0. The largest absolute Gasteiger partial charge is 0.481 e. The van der Waals surface area contributed by atoms with Gasteiger partial charge in [0.05, 0.1) is 18.1 Å². The van der Waals surface area contributed by atoms with E-state index in [-0.39, 0.29) is 17.9 Å². The quantitative estimate of drug-likeness (QED) is 0.553. The number of hydrogen-bond donors (Lipinski definition) is 1. The van der Waals surface area contributed by atoms with E-state index in [1.54, 1.807) is 0 Å². The van der Waals surface area contributed by atoms with Crippen molar-refractivity contribution in [1.29, 1.82) is 0 Å². The van der Waals surface area contributed by atoms with Crippen molar-refractivity contribution in [2.24, 2.45) is 11.8 Å². The average molecular weight is 196 g/mol. The summed E-state index contributed by atoms with van der Waals surface area (Å²) in [7, 11) is 0. The standard InChI is InChI=1S/C11H16O3/c1-2-3-4-7-8(11(12)13)5-6-9-10(7)14-9/h3-4,7-10H,2,5-6H2,1H3,(H,12,13). The van der Waals surface area contributed by atoms with Gasteiger partial charge >= 0.3 is 5.97 Å². The van der Waals surface area contributed by atoms with Crippen LogP contribution in [-0.2, 0) is 9.53 Å². The van der Waals surface area contributed by atoms with E-state index in [1.165, 1.54) is 0 Å². The molecule has 14 heavy (non-hydrogen) atoms. The summed E-state index contributed by atoms with van der Waals surface area (Å²) in [6.45, 7) is 2.06. The summed E-state index contributed by atoms with van der Waals surface area (Å²) in [6.07, 6.45) is 7.24. The zero-order valence-electron chi connectivity index (χ0n) is 8.35. The molecule has 1 saturated heterocycles. The Kier molecular flexibility index (Phi) is 2.59. The highest BCUT2D eigenvalue weighted by Crippen LogP contribution is 2.44. The molecule has 3 heteroatoms. The number of ether oxygens (including phenoxy) is 1. The van der Waals surface area contributed by atoms with E-state index in [0.717, 1.165) is 19.3 Å². The molecule has 1 aliphatic heterocycles. The second kappa shape index (κ2) is 3.73. The predicted octanol–water partition coefficient (Wildman–Crippen LogP) is 1.83. The molecule has 1 N–H and O–H groups in total. The van der Waals surface area contributed by atoms with Gasteiger partial charge in [-0.2, -0.15) is 0 Å². The third-order valence-electron chi connectivity index (χ3n) is 3.14. The predicted molar refractivity (Wildman–Crippen MR) is 51.9 cm³/mol. The molecule has 4 atom stereocenters. The fraction of sp³-hybridized carbons (Fsp3) is 0.727. The Morgan fingerprint density at radius 1 is 1.57 bits per heavy atom. The number of fused-ring (bicyclic) bond motifs is 1. The molecular weight excluding hydrogens is 180 g/mol. The molecule has 2 fully saturated rings. The van der Waals surface area contributed by atoms with Gasteiger partial charge in [0.1, 0.15) is 0 Å². The molecule has 0 aromatic carbocycles. The highest BCUT2D eigenvalue weighted by molar-refractivity contribution is 5.71. The highest BCUT2D eigenvalue weighted by atomic mass is 16.6. The van der Waals surface area contributed by atoms with Crippen LogP contribution in [-0.4, -0.2) is 23.3 Å². The lowest BCUT2D eigenvalue weighted by Crippen LogP contribution is -2.30. The number of epoxide rings is 1. The molecule has 0 amide bonds. The van der Waals surface area contributed by atoms with Crippen molar-refractivity contribution in [2.45, 2.75) is 38.4 Å². The minimum absolute atomic E-state index is 0.103. The first-order valence-electron chi connectivity index (χ1n) is 5.29. The lowest BCUT2D eigenvalue weighted by Gasteiger charge is -2.22. The van der Waals surface area contributed by atoms with E-state index < -0.39 is 5.97 Å². The van der Waals surface area contributed by atoms with Gasteiger partial charge in [-0.3, -0.25) is 4.79 Å². The lowest BCUT2D eigenvalue weighted by atomic mass is 9.79. The molecule has 0 spiro atoms. The Morgan fingerprint density at radius 2 is 2.36 bits per heavy atom. The van der Waals surface area contributed by atoms with Crippen LogP contribution in [0.3, 0.4) is 0 Å². The van der Waals surface area contributed by atoms with Crippen molar-refractivity contribution in [3.8, 4) is 0 Å². The van der Waals surface area contributed by atoms with Crippen molar-refractivity contribution in [3.05, 3.63) is 12.2 Å². The third-order valence-corrected chi connectivity index (χ3v) is 3.14. The maximum absolute atomic E-state index is 11.0. The summed E-state index contributed by atoms with van der Waals surface area (Å²) in [4.78, 5) is 11.0. The van der Waals surface area contributed by atoms with Gasteiger partial charge in [-0.25, -0.2) is 0 Å². The molecular formula is C11H16O3. The van der Waals surface area contributed by atoms with Crippen LogP contribution < -0.4 is 0 Å². The highest BCUT2D eigenvalue weighted by Gasteiger charge is 2.52. The Hall–Kier alpha value is -0.830. The zero-order chi connectivity index (χ0) is 10.1. The summed E-state index contributed by atoms with van der Waals surface area (Å²) < 4.78 is 5.45. The second-order valence-electron chi connectivity index (χ2n) is 4.07. The molecule has 4 unspecified atom stereocenters. The number of allylic oxidation sites excluding steroid dienone is 1. The lowest BCUT2D eigenvalue weighted by molar-refractivity contribution is -0.143. The minimum atomic E-state index is -0.676. The molecule has 0 aromatic rings. The van der Waals surface area contributed by atoms with Crippen LogP contribution in [0.5, 0.6) is 0 Å². The molecule has 2 rings (SSSR count).